The van der Waals surface area contributed by atoms with Crippen LogP contribution >= 0.6 is 0 Å². The summed E-state index contributed by atoms with van der Waals surface area (Å²) in [5.41, 5.74) is 3.72. The van der Waals surface area contributed by atoms with Crippen molar-refractivity contribution in [3.05, 3.63) is 60.5 Å². The minimum absolute atomic E-state index is 0.437. The molecule has 0 saturated carbocycles. The van der Waals surface area contributed by atoms with Crippen LogP contribution in [0.1, 0.15) is 5.89 Å². The molecule has 2 aromatic carbocycles. The average molecular weight is 249 g/mol. The lowest BCUT2D eigenvalue weighted by molar-refractivity contribution is -0.104. The van der Waals surface area contributed by atoms with Crippen molar-refractivity contribution >= 4 is 23.5 Å². The Bertz CT molecular complexity index is 742. The highest BCUT2D eigenvalue weighted by Crippen LogP contribution is 2.24. The Morgan fingerprint density at radius 2 is 1.84 bits per heavy atom. The van der Waals surface area contributed by atoms with Crippen LogP contribution in [0.15, 0.2) is 59.0 Å². The van der Waals surface area contributed by atoms with Gasteiger partial charge >= 0.3 is 0 Å². The molecule has 1 heterocycles. The molecule has 0 aliphatic rings. The number of fused-ring (bicyclic) bond motifs is 1. The fourth-order valence-corrected chi connectivity index (χ4v) is 1.95. The number of nitrogens with zero attached hydrogens (tertiary/aromatic N) is 1. The third-order valence-electron chi connectivity index (χ3n) is 2.83. The number of oxazole rings is 1. The number of carbonyl (C=O) groups excluding carboxylic acids is 1. The third-order valence-corrected chi connectivity index (χ3v) is 2.83. The zero-order valence-corrected chi connectivity index (χ0v) is 10.1. The lowest BCUT2D eigenvalue weighted by Gasteiger charge is -1.99. The highest BCUT2D eigenvalue weighted by Gasteiger charge is 2.05. The molecule has 3 rings (SSSR count). The second-order valence-electron chi connectivity index (χ2n) is 4.10. The van der Waals surface area contributed by atoms with E-state index in [9.17, 15) is 4.79 Å². The molecule has 19 heavy (non-hydrogen) atoms. The van der Waals surface area contributed by atoms with Crippen molar-refractivity contribution in [2.24, 2.45) is 0 Å². The number of benzene rings is 2. The van der Waals surface area contributed by atoms with Crippen LogP contribution in [-0.4, -0.2) is 11.3 Å². The van der Waals surface area contributed by atoms with Crippen LogP contribution in [0.5, 0.6) is 0 Å². The zero-order chi connectivity index (χ0) is 13.1. The zero-order valence-electron chi connectivity index (χ0n) is 10.1. The van der Waals surface area contributed by atoms with Gasteiger partial charge in [0.2, 0.25) is 5.89 Å². The lowest BCUT2D eigenvalue weighted by Crippen LogP contribution is -1.77. The Balaban J connectivity index is 2.06. The summed E-state index contributed by atoms with van der Waals surface area (Å²) in [5, 5.41) is 0. The molecule has 0 N–H and O–H groups in total. The maximum absolute atomic E-state index is 10.3. The van der Waals surface area contributed by atoms with E-state index in [0.717, 1.165) is 16.6 Å². The summed E-state index contributed by atoms with van der Waals surface area (Å²) in [6.07, 6.45) is 3.61. The molecule has 1 aromatic heterocycles. The van der Waals surface area contributed by atoms with Gasteiger partial charge in [-0.3, -0.25) is 4.79 Å². The van der Waals surface area contributed by atoms with Crippen LogP contribution in [0.25, 0.3) is 28.3 Å². The predicted octanol–water partition coefficient (Wildman–Crippen LogP) is 3.71. The second-order valence-corrected chi connectivity index (χ2v) is 4.10. The third kappa shape index (κ3) is 2.31. The van der Waals surface area contributed by atoms with Gasteiger partial charge in [0.15, 0.2) is 5.58 Å². The first kappa shape index (κ1) is 11.4. The van der Waals surface area contributed by atoms with Crippen LogP contribution in [0.4, 0.5) is 0 Å². The molecule has 0 unspecified atom stereocenters. The van der Waals surface area contributed by atoms with Crippen LogP contribution in [0, 0.1) is 0 Å². The first-order valence-corrected chi connectivity index (χ1v) is 5.95. The normalized spacial score (nSPS) is 11.2. The van der Waals surface area contributed by atoms with E-state index < -0.39 is 0 Å². The van der Waals surface area contributed by atoms with Crippen LogP contribution in [0.2, 0.25) is 0 Å². The van der Waals surface area contributed by atoms with Crippen molar-refractivity contribution in [2.45, 2.75) is 0 Å². The van der Waals surface area contributed by atoms with Gasteiger partial charge in [0, 0.05) is 6.08 Å². The molecule has 0 saturated heterocycles. The number of aromatic nitrogens is 1. The van der Waals surface area contributed by atoms with Gasteiger partial charge in [-0.25, -0.2) is 4.98 Å². The molecule has 0 bridgehead atoms. The lowest BCUT2D eigenvalue weighted by atomic mass is 10.1. The number of aldehydes is 1. The Morgan fingerprint density at radius 1 is 1.00 bits per heavy atom. The van der Waals surface area contributed by atoms with E-state index in [1.54, 1.807) is 6.08 Å². The number of allylic oxidation sites excluding steroid dienone is 1. The quantitative estimate of drug-likeness (QED) is 0.525. The maximum atomic E-state index is 10.3. The van der Waals surface area contributed by atoms with Crippen molar-refractivity contribution in [1.29, 1.82) is 0 Å². The van der Waals surface area contributed by atoms with Crippen molar-refractivity contribution in [3.8, 4) is 11.1 Å². The molecular formula is C16H11NO2. The van der Waals surface area contributed by atoms with Gasteiger partial charge in [-0.1, -0.05) is 36.4 Å². The summed E-state index contributed by atoms with van der Waals surface area (Å²) >= 11 is 0. The van der Waals surface area contributed by atoms with Gasteiger partial charge in [0.1, 0.15) is 11.8 Å². The van der Waals surface area contributed by atoms with Crippen molar-refractivity contribution in [1.82, 2.24) is 4.98 Å². The summed E-state index contributed by atoms with van der Waals surface area (Å²) < 4.78 is 5.50. The molecule has 0 radical (unpaired) electrons. The topological polar surface area (TPSA) is 43.1 Å². The first-order chi connectivity index (χ1) is 9.36. The minimum Gasteiger partial charge on any atom is -0.437 e. The largest absolute Gasteiger partial charge is 0.437 e. The molecule has 0 aliphatic heterocycles. The van der Waals surface area contributed by atoms with Gasteiger partial charge in [-0.05, 0) is 29.3 Å². The average Bonchev–Trinajstić information content (AvgIpc) is 2.87. The minimum atomic E-state index is 0.437. The molecule has 0 aliphatic carbocycles. The molecular weight excluding hydrogens is 238 g/mol. The number of hydrogen-bond acceptors (Lipinski definition) is 3. The van der Waals surface area contributed by atoms with Crippen LogP contribution < -0.4 is 0 Å². The molecule has 92 valence electrons. The monoisotopic (exact) mass is 249 g/mol. The van der Waals surface area contributed by atoms with E-state index in [1.807, 2.05) is 36.4 Å². The van der Waals surface area contributed by atoms with Crippen molar-refractivity contribution in [3.63, 3.8) is 0 Å². The summed E-state index contributed by atoms with van der Waals surface area (Å²) in [4.78, 5) is 14.6. The highest BCUT2D eigenvalue weighted by molar-refractivity contribution is 5.82. The van der Waals surface area contributed by atoms with E-state index in [1.165, 1.54) is 6.08 Å². The fourth-order valence-electron chi connectivity index (χ4n) is 1.95. The van der Waals surface area contributed by atoms with E-state index >= 15 is 0 Å². The van der Waals surface area contributed by atoms with E-state index in [4.69, 9.17) is 4.42 Å². The van der Waals surface area contributed by atoms with Gasteiger partial charge < -0.3 is 4.42 Å². The van der Waals surface area contributed by atoms with Crippen LogP contribution in [0.3, 0.4) is 0 Å². The molecule has 3 heteroatoms. The van der Waals surface area contributed by atoms with Gasteiger partial charge in [0.05, 0.1) is 0 Å². The summed E-state index contributed by atoms with van der Waals surface area (Å²) in [5.74, 6) is 0.437. The Kier molecular flexibility index (Phi) is 2.94. The SMILES string of the molecule is O=C/C=C/c1nc2cc(-c3ccccc3)ccc2o1. The van der Waals surface area contributed by atoms with E-state index in [0.29, 0.717) is 17.8 Å². The first-order valence-electron chi connectivity index (χ1n) is 5.95. The fraction of sp³-hybridized carbons (Fsp3) is 0. The number of rotatable bonds is 3. The highest BCUT2D eigenvalue weighted by atomic mass is 16.3. The van der Waals surface area contributed by atoms with Gasteiger partial charge in [0.25, 0.3) is 0 Å². The summed E-state index contributed by atoms with van der Waals surface area (Å²) in [6, 6.07) is 16.0. The molecule has 0 amide bonds. The molecule has 3 nitrogen and oxygen atoms in total. The Hall–Kier alpha value is -2.68. The molecule has 0 fully saturated rings. The van der Waals surface area contributed by atoms with Crippen molar-refractivity contribution < 1.29 is 9.21 Å². The predicted molar refractivity (Wildman–Crippen MR) is 74.5 cm³/mol. The van der Waals surface area contributed by atoms with E-state index in [-0.39, 0.29) is 0 Å². The Labute approximate surface area is 110 Å². The van der Waals surface area contributed by atoms with Gasteiger partial charge in [-0.2, -0.15) is 0 Å². The van der Waals surface area contributed by atoms with Gasteiger partial charge in [-0.15, -0.1) is 0 Å². The van der Waals surface area contributed by atoms with Crippen LogP contribution in [-0.2, 0) is 4.79 Å². The summed E-state index contributed by atoms with van der Waals surface area (Å²) in [7, 11) is 0. The standard InChI is InChI=1S/C16H11NO2/c18-10-4-7-16-17-14-11-13(8-9-15(14)19-16)12-5-2-1-3-6-12/h1-11H/b7-4+. The number of hydrogen-bond donors (Lipinski definition) is 0. The Morgan fingerprint density at radius 3 is 2.63 bits per heavy atom. The second kappa shape index (κ2) is 4.90. The van der Waals surface area contributed by atoms with E-state index in [2.05, 4.69) is 17.1 Å². The number of carbonyl (C=O) groups is 1. The molecule has 0 atom stereocenters. The maximum Gasteiger partial charge on any atom is 0.220 e. The summed E-state index contributed by atoms with van der Waals surface area (Å²) in [6.45, 7) is 0. The van der Waals surface area contributed by atoms with Crippen molar-refractivity contribution in [2.75, 3.05) is 0 Å². The smallest absolute Gasteiger partial charge is 0.220 e. The molecule has 3 aromatic rings. The molecule has 0 spiro atoms.